The van der Waals surface area contributed by atoms with Gasteiger partial charge in [-0.3, -0.25) is 0 Å². The van der Waals surface area contributed by atoms with Crippen molar-refractivity contribution in [3.63, 3.8) is 0 Å². The summed E-state index contributed by atoms with van der Waals surface area (Å²) in [5.74, 6) is 1.08. The summed E-state index contributed by atoms with van der Waals surface area (Å²) in [4.78, 5) is 0.240. The molecule has 0 radical (unpaired) electrons. The molecule has 0 aliphatic heterocycles. The minimum atomic E-state index is -3.55. The maximum absolute atomic E-state index is 12.5. The van der Waals surface area contributed by atoms with Crippen molar-refractivity contribution in [3.8, 4) is 0 Å². The van der Waals surface area contributed by atoms with Crippen LogP contribution in [0.3, 0.4) is 0 Å². The predicted molar refractivity (Wildman–Crippen MR) is 84.8 cm³/mol. The Morgan fingerprint density at radius 2 is 1.86 bits per heavy atom. The van der Waals surface area contributed by atoms with Gasteiger partial charge in [-0.05, 0) is 39.7 Å². The zero-order chi connectivity index (χ0) is 16.1. The molecule has 21 heavy (non-hydrogen) atoms. The lowest BCUT2D eigenvalue weighted by atomic mass is 9.98. The third kappa shape index (κ3) is 4.83. The van der Waals surface area contributed by atoms with E-state index in [2.05, 4.69) is 17.0 Å². The molecule has 1 heterocycles. The quantitative estimate of drug-likeness (QED) is 0.687. The van der Waals surface area contributed by atoms with Gasteiger partial charge in [-0.25, -0.2) is 13.1 Å². The van der Waals surface area contributed by atoms with Crippen molar-refractivity contribution < 1.29 is 12.8 Å². The van der Waals surface area contributed by atoms with Crippen molar-refractivity contribution >= 4 is 10.0 Å². The number of sulfonamides is 1. The molecule has 0 aliphatic rings. The maximum atomic E-state index is 12.5. The van der Waals surface area contributed by atoms with E-state index in [9.17, 15) is 8.42 Å². The Kier molecular flexibility index (Phi) is 6.43. The minimum absolute atomic E-state index is 0.240. The minimum Gasteiger partial charge on any atom is -0.464 e. The highest BCUT2D eigenvalue weighted by atomic mass is 32.2. The fourth-order valence-electron chi connectivity index (χ4n) is 2.04. The summed E-state index contributed by atoms with van der Waals surface area (Å²) in [6, 6.07) is 1.62. The van der Waals surface area contributed by atoms with Gasteiger partial charge in [0.05, 0.1) is 6.54 Å². The van der Waals surface area contributed by atoms with Gasteiger partial charge in [0.2, 0.25) is 10.0 Å². The molecule has 2 N–H and O–H groups in total. The summed E-state index contributed by atoms with van der Waals surface area (Å²) in [5, 5.41) is 3.20. The molecule has 6 heteroatoms. The summed E-state index contributed by atoms with van der Waals surface area (Å²) < 4.78 is 33.4. The SMILES string of the molecule is CCCNCc1cc(S(=O)(=O)NC(C)(CC)CC)c(C)o1. The van der Waals surface area contributed by atoms with Crippen LogP contribution in [0.5, 0.6) is 0 Å². The van der Waals surface area contributed by atoms with Crippen LogP contribution in [0, 0.1) is 6.92 Å². The van der Waals surface area contributed by atoms with Gasteiger partial charge in [0.1, 0.15) is 16.4 Å². The summed E-state index contributed by atoms with van der Waals surface area (Å²) >= 11 is 0. The highest BCUT2D eigenvalue weighted by Crippen LogP contribution is 2.23. The van der Waals surface area contributed by atoms with Gasteiger partial charge < -0.3 is 9.73 Å². The third-order valence-corrected chi connectivity index (χ3v) is 5.63. The monoisotopic (exact) mass is 316 g/mol. The van der Waals surface area contributed by atoms with Crippen molar-refractivity contribution in [3.05, 3.63) is 17.6 Å². The predicted octanol–water partition coefficient (Wildman–Crippen LogP) is 2.94. The van der Waals surface area contributed by atoms with Crippen LogP contribution in [-0.2, 0) is 16.6 Å². The highest BCUT2D eigenvalue weighted by Gasteiger charge is 2.30. The van der Waals surface area contributed by atoms with E-state index < -0.39 is 15.6 Å². The molecule has 1 aromatic heterocycles. The van der Waals surface area contributed by atoms with E-state index in [4.69, 9.17) is 4.42 Å². The van der Waals surface area contributed by atoms with Crippen molar-refractivity contribution in [1.82, 2.24) is 10.0 Å². The first-order valence-corrected chi connectivity index (χ1v) is 9.10. The van der Waals surface area contributed by atoms with Crippen LogP contribution in [0.25, 0.3) is 0 Å². The first-order chi connectivity index (χ1) is 9.78. The second kappa shape index (κ2) is 7.42. The van der Waals surface area contributed by atoms with E-state index in [1.54, 1.807) is 13.0 Å². The summed E-state index contributed by atoms with van der Waals surface area (Å²) in [6.07, 6.45) is 2.51. The van der Waals surface area contributed by atoms with Gasteiger partial charge >= 0.3 is 0 Å². The third-order valence-electron chi connectivity index (χ3n) is 3.88. The molecule has 1 aromatic rings. The van der Waals surface area contributed by atoms with Crippen LogP contribution in [-0.4, -0.2) is 20.5 Å². The molecule has 0 amide bonds. The van der Waals surface area contributed by atoms with Crippen LogP contribution in [0.15, 0.2) is 15.4 Å². The van der Waals surface area contributed by atoms with Crippen LogP contribution < -0.4 is 10.0 Å². The topological polar surface area (TPSA) is 71.3 Å². The van der Waals surface area contributed by atoms with E-state index in [1.807, 2.05) is 20.8 Å². The lowest BCUT2D eigenvalue weighted by Gasteiger charge is -2.27. The molecule has 5 nitrogen and oxygen atoms in total. The van der Waals surface area contributed by atoms with Gasteiger partial charge in [0, 0.05) is 11.6 Å². The zero-order valence-corrected chi connectivity index (χ0v) is 14.6. The number of hydrogen-bond acceptors (Lipinski definition) is 4. The maximum Gasteiger partial charge on any atom is 0.244 e. The molecule has 0 fully saturated rings. The standard InChI is InChI=1S/C15H28N2O3S/c1-6-9-16-11-13-10-14(12(4)20-13)21(18,19)17-15(5,7-2)8-3/h10,16-17H,6-9,11H2,1-5H3. The Balaban J connectivity index is 2.93. The highest BCUT2D eigenvalue weighted by molar-refractivity contribution is 7.89. The van der Waals surface area contributed by atoms with Crippen molar-refractivity contribution in [1.29, 1.82) is 0 Å². The molecule has 0 saturated heterocycles. The van der Waals surface area contributed by atoms with Crippen LogP contribution in [0.4, 0.5) is 0 Å². The lowest BCUT2D eigenvalue weighted by Crippen LogP contribution is -2.44. The van der Waals surface area contributed by atoms with Crippen molar-refractivity contribution in [2.75, 3.05) is 6.54 Å². The molecule has 0 aliphatic carbocycles. The Morgan fingerprint density at radius 1 is 1.24 bits per heavy atom. The smallest absolute Gasteiger partial charge is 0.244 e. The zero-order valence-electron chi connectivity index (χ0n) is 13.7. The van der Waals surface area contributed by atoms with Gasteiger partial charge in [0.15, 0.2) is 0 Å². The van der Waals surface area contributed by atoms with Crippen LogP contribution in [0.2, 0.25) is 0 Å². The Morgan fingerprint density at radius 3 is 2.38 bits per heavy atom. The van der Waals surface area contributed by atoms with Crippen molar-refractivity contribution in [2.45, 2.75) is 70.9 Å². The molecule has 0 aromatic carbocycles. The molecule has 122 valence electrons. The summed E-state index contributed by atoms with van der Waals surface area (Å²) in [6.45, 7) is 11.1. The van der Waals surface area contributed by atoms with Crippen molar-refractivity contribution in [2.24, 2.45) is 0 Å². The van der Waals surface area contributed by atoms with Crippen LogP contribution in [0.1, 0.15) is 58.5 Å². The molecule has 0 bridgehead atoms. The molecular formula is C15H28N2O3S. The Bertz CT molecular complexity index is 545. The van der Waals surface area contributed by atoms with E-state index >= 15 is 0 Å². The number of nitrogens with one attached hydrogen (secondary N) is 2. The lowest BCUT2D eigenvalue weighted by molar-refractivity contribution is 0.388. The van der Waals surface area contributed by atoms with Gasteiger partial charge in [-0.2, -0.15) is 0 Å². The van der Waals surface area contributed by atoms with E-state index in [0.29, 0.717) is 18.1 Å². The van der Waals surface area contributed by atoms with E-state index in [-0.39, 0.29) is 4.90 Å². The fraction of sp³-hybridized carbons (Fsp3) is 0.733. The second-order valence-electron chi connectivity index (χ2n) is 5.68. The average molecular weight is 316 g/mol. The fourth-order valence-corrected chi connectivity index (χ4v) is 3.79. The molecule has 1 rings (SSSR count). The molecule has 0 saturated carbocycles. The largest absolute Gasteiger partial charge is 0.464 e. The Hall–Kier alpha value is -0.850. The van der Waals surface area contributed by atoms with E-state index in [0.717, 1.165) is 25.8 Å². The Labute approximate surface area is 128 Å². The van der Waals surface area contributed by atoms with E-state index in [1.165, 1.54) is 0 Å². The normalized spacial score (nSPS) is 12.8. The summed E-state index contributed by atoms with van der Waals surface area (Å²) in [7, 11) is -3.55. The second-order valence-corrected chi connectivity index (χ2v) is 7.33. The summed E-state index contributed by atoms with van der Waals surface area (Å²) in [5.41, 5.74) is -0.427. The molecular weight excluding hydrogens is 288 g/mol. The average Bonchev–Trinajstić information content (AvgIpc) is 2.80. The molecule has 0 atom stereocenters. The van der Waals surface area contributed by atoms with Crippen LogP contribution >= 0.6 is 0 Å². The number of rotatable bonds is 9. The molecule has 0 spiro atoms. The number of hydrogen-bond donors (Lipinski definition) is 2. The number of furan rings is 1. The first-order valence-electron chi connectivity index (χ1n) is 7.62. The first kappa shape index (κ1) is 18.2. The number of aryl methyl sites for hydroxylation is 1. The van der Waals surface area contributed by atoms with Gasteiger partial charge in [-0.1, -0.05) is 20.8 Å². The molecule has 0 unspecified atom stereocenters. The van der Waals surface area contributed by atoms with Gasteiger partial charge in [-0.15, -0.1) is 0 Å². The van der Waals surface area contributed by atoms with Gasteiger partial charge in [0.25, 0.3) is 0 Å².